The topological polar surface area (TPSA) is 101 Å². The molecule has 0 spiro atoms. The quantitative estimate of drug-likeness (QED) is 0.785. The minimum Gasteiger partial charge on any atom is -0.458 e. The van der Waals surface area contributed by atoms with Gasteiger partial charge in [0, 0.05) is 19.3 Å². The molecule has 0 saturated carbocycles. The van der Waals surface area contributed by atoms with Crippen molar-refractivity contribution in [2.24, 2.45) is 5.14 Å². The molecule has 21 heavy (non-hydrogen) atoms. The van der Waals surface area contributed by atoms with Gasteiger partial charge in [0.1, 0.15) is 17.2 Å². The van der Waals surface area contributed by atoms with Gasteiger partial charge in [-0.3, -0.25) is 0 Å². The fourth-order valence-electron chi connectivity index (χ4n) is 2.25. The molecule has 1 aromatic rings. The predicted molar refractivity (Wildman–Crippen MR) is 75.4 cm³/mol. The molecule has 2 heterocycles. The number of primary sulfonamides is 1. The zero-order chi connectivity index (χ0) is 15.5. The van der Waals surface area contributed by atoms with E-state index in [1.165, 1.54) is 12.3 Å². The van der Waals surface area contributed by atoms with Crippen LogP contribution < -0.4 is 5.14 Å². The number of hydrogen-bond donors (Lipinski definition) is 1. The van der Waals surface area contributed by atoms with Crippen LogP contribution in [-0.2, 0) is 26.0 Å². The van der Waals surface area contributed by atoms with Crippen LogP contribution in [0.1, 0.15) is 36.7 Å². The number of rotatable bonds is 6. The summed E-state index contributed by atoms with van der Waals surface area (Å²) in [6.45, 7) is 3.31. The first-order valence-corrected chi connectivity index (χ1v) is 8.48. The molecule has 2 rings (SSSR count). The first-order valence-electron chi connectivity index (χ1n) is 6.93. The van der Waals surface area contributed by atoms with Gasteiger partial charge in [-0.1, -0.05) is 6.92 Å². The minimum absolute atomic E-state index is 0.0683. The number of esters is 1. The summed E-state index contributed by atoms with van der Waals surface area (Å²) in [7, 11) is -3.84. The summed E-state index contributed by atoms with van der Waals surface area (Å²) in [4.78, 5) is 12.0. The van der Waals surface area contributed by atoms with Gasteiger partial charge in [-0.2, -0.15) is 0 Å². The highest BCUT2D eigenvalue weighted by molar-refractivity contribution is 7.89. The summed E-state index contributed by atoms with van der Waals surface area (Å²) in [6, 6.07) is 1.25. The number of nitrogens with zero attached hydrogens (tertiary/aromatic N) is 1. The lowest BCUT2D eigenvalue weighted by atomic mass is 10.2. The second kappa shape index (κ2) is 6.59. The Morgan fingerprint density at radius 1 is 1.57 bits per heavy atom. The second-order valence-corrected chi connectivity index (χ2v) is 6.59. The Kier molecular flexibility index (Phi) is 5.02. The average molecular weight is 316 g/mol. The third-order valence-electron chi connectivity index (χ3n) is 3.30. The van der Waals surface area contributed by atoms with E-state index in [1.54, 1.807) is 4.57 Å². The van der Waals surface area contributed by atoms with Crippen LogP contribution in [0, 0.1) is 0 Å². The van der Waals surface area contributed by atoms with Crippen LogP contribution in [0.4, 0.5) is 0 Å². The minimum atomic E-state index is -3.84. The van der Waals surface area contributed by atoms with Crippen LogP contribution >= 0.6 is 0 Å². The number of sulfonamides is 1. The highest BCUT2D eigenvalue weighted by atomic mass is 32.2. The molecule has 1 aliphatic rings. The van der Waals surface area contributed by atoms with E-state index >= 15 is 0 Å². The van der Waals surface area contributed by atoms with Gasteiger partial charge >= 0.3 is 5.97 Å². The molecule has 1 saturated heterocycles. The van der Waals surface area contributed by atoms with Crippen molar-refractivity contribution in [3.05, 3.63) is 18.0 Å². The molecule has 1 fully saturated rings. The molecule has 0 amide bonds. The van der Waals surface area contributed by atoms with Crippen LogP contribution in [0.5, 0.6) is 0 Å². The number of aryl methyl sites for hydroxylation is 1. The molecule has 7 nitrogen and oxygen atoms in total. The van der Waals surface area contributed by atoms with E-state index in [4.69, 9.17) is 14.6 Å². The molecule has 1 atom stereocenters. The number of carbonyl (C=O) groups excluding carboxylic acids is 1. The lowest BCUT2D eigenvalue weighted by molar-refractivity contribution is 0.0152. The van der Waals surface area contributed by atoms with Gasteiger partial charge in [-0.15, -0.1) is 0 Å². The molecule has 1 unspecified atom stereocenters. The van der Waals surface area contributed by atoms with Crippen molar-refractivity contribution in [3.63, 3.8) is 0 Å². The molecule has 1 aliphatic heterocycles. The Morgan fingerprint density at radius 3 is 2.90 bits per heavy atom. The lowest BCUT2D eigenvalue weighted by Crippen LogP contribution is -2.19. The molecular formula is C13H20N2O5S. The van der Waals surface area contributed by atoms with E-state index in [0.29, 0.717) is 13.2 Å². The molecule has 8 heteroatoms. The van der Waals surface area contributed by atoms with Gasteiger partial charge in [-0.05, 0) is 25.3 Å². The normalized spacial score (nSPS) is 18.9. The number of nitrogens with two attached hydrogens (primary N) is 1. The van der Waals surface area contributed by atoms with Crippen molar-refractivity contribution in [2.75, 3.05) is 13.2 Å². The van der Waals surface area contributed by atoms with Crippen molar-refractivity contribution in [3.8, 4) is 0 Å². The SMILES string of the molecule is CCCn1cc(S(N)(=O)=O)cc1C(=O)OCC1CCCO1. The maximum absolute atomic E-state index is 12.1. The molecule has 0 aliphatic carbocycles. The summed E-state index contributed by atoms with van der Waals surface area (Å²) in [5.74, 6) is -0.561. The molecule has 118 valence electrons. The maximum Gasteiger partial charge on any atom is 0.355 e. The molecular weight excluding hydrogens is 296 g/mol. The monoisotopic (exact) mass is 316 g/mol. The highest BCUT2D eigenvalue weighted by Crippen LogP contribution is 2.17. The average Bonchev–Trinajstić information content (AvgIpc) is 3.04. The third kappa shape index (κ3) is 4.05. The van der Waals surface area contributed by atoms with Crippen LogP contribution in [0.15, 0.2) is 17.2 Å². The summed E-state index contributed by atoms with van der Waals surface area (Å²) in [6.07, 6.45) is 3.88. The Morgan fingerprint density at radius 2 is 2.33 bits per heavy atom. The van der Waals surface area contributed by atoms with Crippen molar-refractivity contribution in [1.82, 2.24) is 4.57 Å². The summed E-state index contributed by atoms with van der Waals surface area (Å²) >= 11 is 0. The lowest BCUT2D eigenvalue weighted by Gasteiger charge is -2.11. The Balaban J connectivity index is 2.12. The largest absolute Gasteiger partial charge is 0.458 e. The zero-order valence-corrected chi connectivity index (χ0v) is 12.8. The van der Waals surface area contributed by atoms with E-state index in [2.05, 4.69) is 0 Å². The molecule has 1 aromatic heterocycles. The fraction of sp³-hybridized carbons (Fsp3) is 0.615. The Bertz CT molecular complexity index is 602. The highest BCUT2D eigenvalue weighted by Gasteiger charge is 2.22. The van der Waals surface area contributed by atoms with E-state index in [9.17, 15) is 13.2 Å². The molecule has 0 radical (unpaired) electrons. The van der Waals surface area contributed by atoms with Gasteiger partial charge < -0.3 is 14.0 Å². The van der Waals surface area contributed by atoms with Gasteiger partial charge in [0.05, 0.1) is 6.10 Å². The van der Waals surface area contributed by atoms with Gasteiger partial charge in [0.2, 0.25) is 10.0 Å². The van der Waals surface area contributed by atoms with Crippen LogP contribution in [0.2, 0.25) is 0 Å². The fourth-order valence-corrected chi connectivity index (χ4v) is 2.80. The number of aromatic nitrogens is 1. The van der Waals surface area contributed by atoms with Crippen LogP contribution in [0.3, 0.4) is 0 Å². The Labute approximate surface area is 124 Å². The smallest absolute Gasteiger partial charge is 0.355 e. The Hall–Kier alpha value is -1.38. The van der Waals surface area contributed by atoms with E-state index in [0.717, 1.165) is 19.3 Å². The maximum atomic E-state index is 12.1. The number of carbonyl (C=O) groups is 1. The van der Waals surface area contributed by atoms with Gasteiger partial charge in [0.15, 0.2) is 0 Å². The summed E-state index contributed by atoms with van der Waals surface area (Å²) in [5.41, 5.74) is 0.193. The van der Waals surface area contributed by atoms with E-state index in [-0.39, 0.29) is 23.3 Å². The number of hydrogen-bond acceptors (Lipinski definition) is 5. The molecule has 0 bridgehead atoms. The molecule has 0 aromatic carbocycles. The van der Waals surface area contributed by atoms with Crippen molar-refractivity contribution in [2.45, 2.75) is 43.7 Å². The van der Waals surface area contributed by atoms with Crippen molar-refractivity contribution in [1.29, 1.82) is 0 Å². The standard InChI is InChI=1S/C13H20N2O5S/c1-2-5-15-8-11(21(14,17)18)7-12(15)13(16)20-9-10-4-3-6-19-10/h7-8,10H,2-6,9H2,1H3,(H2,14,17,18). The van der Waals surface area contributed by atoms with Gasteiger partial charge in [-0.25, -0.2) is 18.4 Å². The first-order chi connectivity index (χ1) is 9.91. The zero-order valence-electron chi connectivity index (χ0n) is 11.9. The van der Waals surface area contributed by atoms with Crippen molar-refractivity contribution >= 4 is 16.0 Å². The first kappa shape index (κ1) is 16.0. The van der Waals surface area contributed by atoms with E-state index in [1.807, 2.05) is 6.92 Å². The van der Waals surface area contributed by atoms with Gasteiger partial charge in [0.25, 0.3) is 0 Å². The van der Waals surface area contributed by atoms with E-state index < -0.39 is 16.0 Å². The second-order valence-electron chi connectivity index (χ2n) is 5.03. The summed E-state index contributed by atoms with van der Waals surface area (Å²) < 4.78 is 34.9. The number of ether oxygens (including phenoxy) is 2. The summed E-state index contributed by atoms with van der Waals surface area (Å²) in [5, 5.41) is 5.10. The third-order valence-corrected chi connectivity index (χ3v) is 4.18. The van der Waals surface area contributed by atoms with Crippen LogP contribution in [-0.4, -0.2) is 38.3 Å². The predicted octanol–water partition coefficient (Wildman–Crippen LogP) is 0.881. The van der Waals surface area contributed by atoms with Crippen LogP contribution in [0.25, 0.3) is 0 Å². The molecule has 2 N–H and O–H groups in total. The van der Waals surface area contributed by atoms with Crippen molar-refractivity contribution < 1.29 is 22.7 Å².